The van der Waals surface area contributed by atoms with Gasteiger partial charge in [0.1, 0.15) is 18.4 Å². The van der Waals surface area contributed by atoms with Crippen LogP contribution in [0.3, 0.4) is 0 Å². The second kappa shape index (κ2) is 12.5. The van der Waals surface area contributed by atoms with E-state index in [1.54, 1.807) is 44.2 Å². The fraction of sp³-hybridized carbons (Fsp3) is 0.522. The zero-order chi connectivity index (χ0) is 26.3. The molecule has 2 aromatic rings. The fourth-order valence-corrected chi connectivity index (χ4v) is 4.88. The number of nitrogens with zero attached hydrogens (tertiary/aromatic N) is 1. The van der Waals surface area contributed by atoms with Gasteiger partial charge in [0.2, 0.25) is 0 Å². The number of hydrogen-bond donors (Lipinski definition) is 2. The Morgan fingerprint density at radius 3 is 2.69 bits per heavy atom. The number of hydrogen-bond acceptors (Lipinski definition) is 9. The number of carbonyl (C=O) groups excluding carboxylic acids is 1. The van der Waals surface area contributed by atoms with Crippen molar-refractivity contribution in [2.45, 2.75) is 65.2 Å². The van der Waals surface area contributed by atoms with Crippen molar-refractivity contribution in [2.75, 3.05) is 13.2 Å². The molecule has 1 aromatic carbocycles. The summed E-state index contributed by atoms with van der Waals surface area (Å²) < 4.78 is 42.6. The van der Waals surface area contributed by atoms with Crippen molar-refractivity contribution in [3.63, 3.8) is 0 Å². The molecule has 1 aliphatic heterocycles. The molecule has 1 aromatic heterocycles. The molecule has 198 valence electrons. The Morgan fingerprint density at radius 2 is 2.00 bits per heavy atom. The Bertz CT molecular complexity index is 1180. The third kappa shape index (κ3) is 7.62. The van der Waals surface area contributed by atoms with Crippen LogP contribution < -0.4 is 20.9 Å². The van der Waals surface area contributed by atoms with Crippen molar-refractivity contribution in [1.29, 1.82) is 0 Å². The van der Waals surface area contributed by atoms with Gasteiger partial charge in [0.05, 0.1) is 12.7 Å². The fourth-order valence-electron chi connectivity index (χ4n) is 3.40. The summed E-state index contributed by atoms with van der Waals surface area (Å²) in [6, 6.07) is 7.34. The number of aryl methyl sites for hydroxylation is 1. The highest BCUT2D eigenvalue weighted by Crippen LogP contribution is 2.45. The number of ether oxygens (including phenoxy) is 3. The highest BCUT2D eigenvalue weighted by atomic mass is 31.2. The van der Waals surface area contributed by atoms with Gasteiger partial charge in [0.25, 0.3) is 5.56 Å². The third-order valence-electron chi connectivity index (χ3n) is 5.26. The molecule has 1 aliphatic rings. The van der Waals surface area contributed by atoms with Crippen molar-refractivity contribution < 1.29 is 32.6 Å². The van der Waals surface area contributed by atoms with Gasteiger partial charge in [-0.25, -0.2) is 9.36 Å². The normalized spacial score (nSPS) is 20.9. The van der Waals surface area contributed by atoms with E-state index in [1.807, 2.05) is 6.92 Å². The molecule has 36 heavy (non-hydrogen) atoms. The molecule has 0 amide bonds. The SMILES string of the molecule is CCCC(C)OC(=O)C(C)NP(=O)(OC[C@@H]1OC[C@H](n2cc(C)c(=O)[nH]c2=O)O1)Oc1ccccc1. The minimum Gasteiger partial charge on any atom is -0.462 e. The number of benzene rings is 1. The average Bonchev–Trinajstić information content (AvgIpc) is 3.29. The van der Waals surface area contributed by atoms with Crippen LogP contribution in [-0.4, -0.2) is 47.2 Å². The first kappa shape index (κ1) is 27.8. The molecule has 0 saturated carbocycles. The first-order chi connectivity index (χ1) is 17.1. The zero-order valence-corrected chi connectivity index (χ0v) is 21.6. The predicted molar refractivity (Wildman–Crippen MR) is 130 cm³/mol. The van der Waals surface area contributed by atoms with Gasteiger partial charge in [-0.3, -0.25) is 23.7 Å². The second-order valence-corrected chi connectivity index (χ2v) is 10.1. The smallest absolute Gasteiger partial charge is 0.459 e. The first-order valence-corrected chi connectivity index (χ1v) is 13.2. The summed E-state index contributed by atoms with van der Waals surface area (Å²) in [7, 11) is -4.11. The molecular formula is C23H32N3O9P. The second-order valence-electron chi connectivity index (χ2n) is 8.42. The lowest BCUT2D eigenvalue weighted by Crippen LogP contribution is -2.37. The zero-order valence-electron chi connectivity index (χ0n) is 20.7. The Labute approximate surface area is 208 Å². The predicted octanol–water partition coefficient (Wildman–Crippen LogP) is 2.63. The van der Waals surface area contributed by atoms with Crippen LogP contribution in [0.5, 0.6) is 5.75 Å². The van der Waals surface area contributed by atoms with Crippen molar-refractivity contribution in [2.24, 2.45) is 0 Å². The summed E-state index contributed by atoms with van der Waals surface area (Å²) in [4.78, 5) is 38.4. The van der Waals surface area contributed by atoms with Crippen molar-refractivity contribution in [3.05, 3.63) is 62.9 Å². The van der Waals surface area contributed by atoms with Gasteiger partial charge in [0.15, 0.2) is 12.5 Å². The van der Waals surface area contributed by atoms with Crippen LogP contribution in [0.4, 0.5) is 0 Å². The first-order valence-electron chi connectivity index (χ1n) is 11.7. The molecule has 0 aliphatic carbocycles. The molecule has 2 N–H and O–H groups in total. The van der Waals surface area contributed by atoms with Gasteiger partial charge in [-0.05, 0) is 39.3 Å². The van der Waals surface area contributed by atoms with Gasteiger partial charge < -0.3 is 18.7 Å². The van der Waals surface area contributed by atoms with Gasteiger partial charge >= 0.3 is 19.4 Å². The maximum Gasteiger partial charge on any atom is 0.459 e. The maximum atomic E-state index is 13.6. The molecule has 2 heterocycles. The lowest BCUT2D eigenvalue weighted by Gasteiger charge is -2.24. The molecule has 1 saturated heterocycles. The number of carbonyl (C=O) groups is 1. The Morgan fingerprint density at radius 1 is 1.28 bits per heavy atom. The Kier molecular flexibility index (Phi) is 9.63. The molecule has 1 fully saturated rings. The average molecular weight is 525 g/mol. The quantitative estimate of drug-likeness (QED) is 0.313. The Balaban J connectivity index is 1.67. The van der Waals surface area contributed by atoms with E-state index in [0.29, 0.717) is 12.0 Å². The van der Waals surface area contributed by atoms with Gasteiger partial charge in [-0.1, -0.05) is 31.5 Å². The van der Waals surface area contributed by atoms with Crippen LogP contribution in [-0.2, 0) is 28.1 Å². The van der Waals surface area contributed by atoms with E-state index in [4.69, 9.17) is 23.3 Å². The van der Waals surface area contributed by atoms with E-state index >= 15 is 0 Å². The van der Waals surface area contributed by atoms with Gasteiger partial charge in [-0.2, -0.15) is 5.09 Å². The number of esters is 1. The number of aromatic nitrogens is 2. The summed E-state index contributed by atoms with van der Waals surface area (Å²) in [5.74, 6) is -0.340. The summed E-state index contributed by atoms with van der Waals surface area (Å²) >= 11 is 0. The molecule has 0 spiro atoms. The van der Waals surface area contributed by atoms with Crippen LogP contribution in [0.1, 0.15) is 45.4 Å². The van der Waals surface area contributed by atoms with E-state index in [0.717, 1.165) is 6.42 Å². The largest absolute Gasteiger partial charge is 0.462 e. The molecule has 13 heteroatoms. The Hall–Kier alpha value is -2.76. The van der Waals surface area contributed by atoms with Crippen molar-refractivity contribution in [1.82, 2.24) is 14.6 Å². The van der Waals surface area contributed by atoms with Crippen LogP contribution in [0.25, 0.3) is 0 Å². The number of H-pyrrole nitrogens is 1. The standard InChI is InChI=1S/C23H32N3O9P/c1-5-9-16(3)33-22(28)17(4)25-36(30,35-18-10-7-6-8-11-18)32-14-20-31-13-19(34-20)26-12-15(2)21(27)24-23(26)29/h6-8,10-12,16-17,19-20H,5,9,13-14H2,1-4H3,(H,25,30)(H,24,27,29)/t16?,17?,19-,20-,36?/m1/s1. The van der Waals surface area contributed by atoms with E-state index < -0.39 is 43.5 Å². The number of aromatic amines is 1. The lowest BCUT2D eigenvalue weighted by molar-refractivity contribution is -0.150. The van der Waals surface area contributed by atoms with Crippen LogP contribution >= 0.6 is 7.75 Å². The highest BCUT2D eigenvalue weighted by molar-refractivity contribution is 7.52. The number of para-hydroxylation sites is 1. The van der Waals surface area contributed by atoms with Gasteiger partial charge in [-0.15, -0.1) is 0 Å². The molecular weight excluding hydrogens is 493 g/mol. The molecule has 5 atom stereocenters. The highest BCUT2D eigenvalue weighted by Gasteiger charge is 2.36. The molecule has 3 unspecified atom stereocenters. The van der Waals surface area contributed by atoms with Crippen LogP contribution in [0.15, 0.2) is 46.1 Å². The molecule has 0 bridgehead atoms. The van der Waals surface area contributed by atoms with Crippen molar-refractivity contribution >= 4 is 13.7 Å². The van der Waals surface area contributed by atoms with Gasteiger partial charge in [0, 0.05) is 11.8 Å². The maximum absolute atomic E-state index is 13.6. The number of nitrogens with one attached hydrogen (secondary N) is 2. The van der Waals surface area contributed by atoms with Crippen LogP contribution in [0, 0.1) is 6.92 Å². The van der Waals surface area contributed by atoms with E-state index in [1.165, 1.54) is 17.7 Å². The third-order valence-corrected chi connectivity index (χ3v) is 6.90. The minimum absolute atomic E-state index is 0.00522. The molecule has 3 rings (SSSR count). The summed E-state index contributed by atoms with van der Waals surface area (Å²) in [5, 5.41) is 2.61. The van der Waals surface area contributed by atoms with E-state index in [9.17, 15) is 18.9 Å². The molecule has 12 nitrogen and oxygen atoms in total. The van der Waals surface area contributed by atoms with Crippen molar-refractivity contribution in [3.8, 4) is 5.75 Å². The van der Waals surface area contributed by atoms with Crippen LogP contribution in [0.2, 0.25) is 0 Å². The summed E-state index contributed by atoms with van der Waals surface area (Å²) in [6.07, 6.45) is 0.814. The monoisotopic (exact) mass is 525 g/mol. The minimum atomic E-state index is -4.11. The summed E-state index contributed by atoms with van der Waals surface area (Å²) in [6.45, 7) is 6.48. The molecule has 0 radical (unpaired) electrons. The lowest BCUT2D eigenvalue weighted by atomic mass is 10.2. The van der Waals surface area contributed by atoms with E-state index in [2.05, 4.69) is 10.1 Å². The topological polar surface area (TPSA) is 147 Å². The number of rotatable bonds is 12. The van der Waals surface area contributed by atoms with E-state index in [-0.39, 0.29) is 25.1 Å². The summed E-state index contributed by atoms with van der Waals surface area (Å²) in [5.41, 5.74) is -0.806.